The van der Waals surface area contributed by atoms with Crippen LogP contribution >= 0.6 is 0 Å². The van der Waals surface area contributed by atoms with Crippen LogP contribution in [-0.4, -0.2) is 89.7 Å². The summed E-state index contributed by atoms with van der Waals surface area (Å²) < 4.78 is 91.8. The maximum Gasteiger partial charge on any atom is 0.416 e. The molecule has 0 bridgehead atoms. The van der Waals surface area contributed by atoms with E-state index in [-0.39, 0.29) is 5.82 Å². The number of pyridine rings is 10. The zero-order valence-corrected chi connectivity index (χ0v) is 80.2. The molecule has 24 aromatic rings. The lowest BCUT2D eigenvalue weighted by molar-refractivity contribution is -0.138. The normalized spacial score (nSPS) is 12.2. The van der Waals surface area contributed by atoms with Crippen LogP contribution in [0.15, 0.2) is 433 Å². The van der Waals surface area contributed by atoms with Gasteiger partial charge in [-0.1, -0.05) is 133 Å². The predicted molar refractivity (Wildman–Crippen MR) is 573 cm³/mol. The summed E-state index contributed by atoms with van der Waals surface area (Å²) in [5.41, 5.74) is 34.5. The number of nitrogens with zero attached hydrogens (tertiary/aromatic N) is 18. The molecule has 2 fully saturated rings. The van der Waals surface area contributed by atoms with E-state index >= 15 is 0 Å². The summed E-state index contributed by atoms with van der Waals surface area (Å²) in [5.74, 6) is 1.26. The van der Waals surface area contributed by atoms with Crippen LogP contribution < -0.4 is 0 Å². The standard InChI is InChI=1S/2C22H17N3.2C20H12F3N3.C20H14FN3.C20H15N3/c1-4-16(15-8-9-15)14-17(5-1)22-18(6-2-13-24-22)19-10-11-20-21(25-19)7-3-12-23-20;1-3-16(15-6-7-15)13-18(4-1)22-19(5-2-10-25-22)17-8-9-20-21(14-17)24-12-11-23-20;21-20(22,23)14-5-1-4-13(12-14)19-15(6-2-11-25-19)16-8-9-17-18(26-16)7-3-10-24-17;21-20(22,23)15-4-1-3-14(11-15)19-16(5-2-8-26-19)13-6-7-17-18(12-13)25-10-9-24-17;1-13-11-15(4-6-17(13)21)20-16(3-2-8-24-20)14-5-7-18-19(12-14)23-10-9-22-18;1-14-4-2-5-16(12-14)20-17(6-3-9-23-20)15-7-8-18-19(13-15)22-11-10-21-18/h1-7,10-15H,8-9H2;1-5,8-15H,6-7H2;2*1-12H;2-12H,1H3;2-13H,1H3. The lowest BCUT2D eigenvalue weighted by Crippen LogP contribution is -2.04. The first-order valence-corrected chi connectivity index (χ1v) is 48.2. The summed E-state index contributed by atoms with van der Waals surface area (Å²) in [6.45, 7) is 3.85. The Labute approximate surface area is 851 Å². The van der Waals surface area contributed by atoms with E-state index in [1.54, 1.807) is 136 Å². The van der Waals surface area contributed by atoms with E-state index < -0.39 is 23.5 Å². The monoisotopic (exact) mass is 1960 g/mol. The van der Waals surface area contributed by atoms with Crippen molar-refractivity contribution in [1.29, 1.82) is 0 Å². The number of fused-ring (bicyclic) bond motifs is 6. The third kappa shape index (κ3) is 22.5. The molecule has 0 saturated heterocycles. The van der Waals surface area contributed by atoms with E-state index in [4.69, 9.17) is 9.97 Å². The quantitative estimate of drug-likeness (QED) is 0.0921. The van der Waals surface area contributed by atoms with Gasteiger partial charge in [-0.05, 0) is 297 Å². The van der Waals surface area contributed by atoms with Crippen LogP contribution in [-0.2, 0) is 12.4 Å². The Kier molecular flexibility index (Phi) is 28.0. The molecule has 149 heavy (non-hydrogen) atoms. The molecule has 0 aliphatic heterocycles. The molecule has 0 unspecified atom stereocenters. The molecule has 2 aliphatic carbocycles. The molecule has 26 rings (SSSR count). The van der Waals surface area contributed by atoms with Gasteiger partial charge in [0.2, 0.25) is 0 Å². The Morgan fingerprint density at radius 3 is 0.792 bits per heavy atom. The van der Waals surface area contributed by atoms with E-state index in [1.165, 1.54) is 66.1 Å². The Morgan fingerprint density at radius 2 is 0.463 bits per heavy atom. The summed E-state index contributed by atoms with van der Waals surface area (Å²) >= 11 is 0. The van der Waals surface area contributed by atoms with Crippen molar-refractivity contribution >= 4 is 66.2 Å². The molecule has 18 nitrogen and oxygen atoms in total. The minimum Gasteiger partial charge on any atom is -0.256 e. The summed E-state index contributed by atoms with van der Waals surface area (Å²) in [5, 5.41) is 0. The van der Waals surface area contributed by atoms with Crippen LogP contribution in [0.25, 0.3) is 201 Å². The zero-order chi connectivity index (χ0) is 102. The van der Waals surface area contributed by atoms with E-state index in [1.807, 2.05) is 146 Å². The van der Waals surface area contributed by atoms with Gasteiger partial charge < -0.3 is 0 Å². The highest BCUT2D eigenvalue weighted by Crippen LogP contribution is 2.46. The first kappa shape index (κ1) is 96.2. The smallest absolute Gasteiger partial charge is 0.256 e. The average molecular weight is 1960 g/mol. The number of halogens is 7. The summed E-state index contributed by atoms with van der Waals surface area (Å²) in [4.78, 5) is 79.8. The van der Waals surface area contributed by atoms with Crippen molar-refractivity contribution < 1.29 is 30.7 Å². The SMILES string of the molecule is Cc1cc(-c2ncccc2-c2ccc3nccnc3c2)ccc1F.Cc1cccc(-c2ncccc2-c2ccc3nccnc3c2)c1.FC(F)(F)c1cccc(-c2ncccc2-c2ccc3ncccc3n2)c1.FC(F)(F)c1cccc(-c2ncccc2-c2ccc3nccnc3c2)c1.c1cc(-c2ncccc2-c2ccc3ncccc3n2)cc(C2CC2)c1.c1cc(-c2ncccc2-c2ccc3nccnc3c2)cc(C2CC2)c1. The molecule has 0 amide bonds. The maximum atomic E-state index is 13.6. The molecule has 0 spiro atoms. The van der Waals surface area contributed by atoms with Crippen LogP contribution in [0.1, 0.15) is 70.9 Å². The van der Waals surface area contributed by atoms with Crippen molar-refractivity contribution in [3.63, 3.8) is 0 Å². The number of aromatic nitrogens is 18. The van der Waals surface area contributed by atoms with E-state index in [0.717, 1.165) is 186 Å². The molecule has 2 aliphatic rings. The lowest BCUT2D eigenvalue weighted by Gasteiger charge is -2.12. The Bertz CT molecular complexity index is 8690. The molecule has 14 aromatic heterocycles. The lowest BCUT2D eigenvalue weighted by atomic mass is 9.97. The number of aryl methyl sites for hydroxylation is 2. The third-order valence-corrected chi connectivity index (χ3v) is 25.5. The van der Waals surface area contributed by atoms with Gasteiger partial charge in [0.05, 0.1) is 123 Å². The van der Waals surface area contributed by atoms with Crippen molar-refractivity contribution in [3.8, 4) is 135 Å². The number of benzene rings is 10. The van der Waals surface area contributed by atoms with Crippen LogP contribution in [0, 0.1) is 19.7 Å². The molecule has 25 heteroatoms. The molecule has 0 N–H and O–H groups in total. The van der Waals surface area contributed by atoms with Crippen molar-refractivity contribution in [2.24, 2.45) is 0 Å². The van der Waals surface area contributed by atoms with Crippen molar-refractivity contribution in [3.05, 3.63) is 472 Å². The van der Waals surface area contributed by atoms with E-state index in [0.29, 0.717) is 50.4 Å². The zero-order valence-electron chi connectivity index (χ0n) is 80.2. The van der Waals surface area contributed by atoms with Gasteiger partial charge in [-0.25, -0.2) is 14.4 Å². The first-order chi connectivity index (χ1) is 72.8. The van der Waals surface area contributed by atoms with Gasteiger partial charge in [0.1, 0.15) is 5.82 Å². The summed E-state index contributed by atoms with van der Waals surface area (Å²) in [7, 11) is 0. The van der Waals surface area contributed by atoms with Crippen LogP contribution in [0.4, 0.5) is 30.7 Å². The van der Waals surface area contributed by atoms with Gasteiger partial charge in [0.15, 0.2) is 0 Å². The highest BCUT2D eigenvalue weighted by Gasteiger charge is 2.33. The molecule has 2 saturated carbocycles. The minimum atomic E-state index is -4.40. The van der Waals surface area contributed by atoms with Gasteiger partial charge in [0.25, 0.3) is 0 Å². The predicted octanol–water partition coefficient (Wildman–Crippen LogP) is 30.7. The Morgan fingerprint density at radius 1 is 0.201 bits per heavy atom. The second-order valence-electron chi connectivity index (χ2n) is 35.7. The molecule has 14 heterocycles. The van der Waals surface area contributed by atoms with E-state index in [2.05, 4.69) is 202 Å². The minimum absolute atomic E-state index is 0.211. The fourth-order valence-corrected chi connectivity index (χ4v) is 17.9. The molecular weight excluding hydrogens is 1870 g/mol. The Balaban J connectivity index is 0.000000105. The van der Waals surface area contributed by atoms with Crippen molar-refractivity contribution in [2.75, 3.05) is 0 Å². The molecule has 722 valence electrons. The number of alkyl halides is 6. The highest BCUT2D eigenvalue weighted by molar-refractivity contribution is 5.93. The largest absolute Gasteiger partial charge is 0.416 e. The first-order valence-electron chi connectivity index (χ1n) is 48.2. The van der Waals surface area contributed by atoms with Crippen molar-refractivity contribution in [2.45, 2.75) is 63.7 Å². The number of hydrogen-bond acceptors (Lipinski definition) is 18. The second kappa shape index (κ2) is 43.3. The molecule has 0 atom stereocenters. The topological polar surface area (TPSA) is 232 Å². The fraction of sp³-hybridized carbons (Fsp3) is 0.0806. The summed E-state index contributed by atoms with van der Waals surface area (Å²) in [6, 6.07) is 104. The number of rotatable bonds is 14. The highest BCUT2D eigenvalue weighted by atomic mass is 19.4. The van der Waals surface area contributed by atoms with Gasteiger partial charge in [0, 0.05) is 166 Å². The average Bonchev–Trinajstić information content (AvgIpc) is 1.75. The van der Waals surface area contributed by atoms with Crippen molar-refractivity contribution in [1.82, 2.24) is 89.7 Å². The Hall–Kier alpha value is -18.9. The van der Waals surface area contributed by atoms with Gasteiger partial charge in [-0.15, -0.1) is 0 Å². The third-order valence-electron chi connectivity index (χ3n) is 25.5. The molecule has 0 radical (unpaired) electrons. The van der Waals surface area contributed by atoms with E-state index in [9.17, 15) is 30.7 Å². The van der Waals surface area contributed by atoms with Crippen LogP contribution in [0.2, 0.25) is 0 Å². The van der Waals surface area contributed by atoms with Gasteiger partial charge in [-0.3, -0.25) is 79.7 Å². The van der Waals surface area contributed by atoms with Crippen LogP contribution in [0.5, 0.6) is 0 Å². The number of hydrogen-bond donors (Lipinski definition) is 0. The molecule has 10 aromatic carbocycles. The fourth-order valence-electron chi connectivity index (χ4n) is 17.9. The van der Waals surface area contributed by atoms with Gasteiger partial charge in [-0.2, -0.15) is 26.3 Å². The van der Waals surface area contributed by atoms with Gasteiger partial charge >= 0.3 is 12.4 Å². The maximum absolute atomic E-state index is 13.6. The van der Waals surface area contributed by atoms with Crippen LogP contribution in [0.3, 0.4) is 0 Å². The molecular formula is C124H87F7N18. The summed E-state index contributed by atoms with van der Waals surface area (Å²) in [6.07, 6.45) is 23.8. The second-order valence-corrected chi connectivity index (χ2v) is 35.7.